The molecule has 0 aliphatic heterocycles. The van der Waals surface area contributed by atoms with Crippen molar-refractivity contribution in [2.45, 2.75) is 45.1 Å². The normalized spacial score (nSPS) is 13.9. The van der Waals surface area contributed by atoms with E-state index in [1.54, 1.807) is 23.9 Å². The molecule has 1 aromatic carbocycles. The molecule has 0 spiro atoms. The summed E-state index contributed by atoms with van der Waals surface area (Å²) >= 11 is -1.16. The molecule has 2 unspecified atom stereocenters. The average Bonchev–Trinajstić information content (AvgIpc) is 3.20. The maximum atomic E-state index is 12.3. The standard InChI is InChI=1S/C24H27N5O2S/c1-16(30)20-8-6-10-23(28-20)29-22-13-17(11-12-18(22)14-25-29)21-9-5-7-19(27-21)15-26-32(31)24(2,3)4/h5-14,16,26,30H,15H2,1-4H3. The fraction of sp³-hybridized carbons (Fsp3) is 0.292. The number of pyridine rings is 2. The van der Waals surface area contributed by atoms with Crippen LogP contribution in [0.2, 0.25) is 0 Å². The average molecular weight is 450 g/mol. The first-order valence-corrected chi connectivity index (χ1v) is 11.6. The van der Waals surface area contributed by atoms with Crippen LogP contribution in [-0.4, -0.2) is 34.2 Å². The summed E-state index contributed by atoms with van der Waals surface area (Å²) in [6, 6.07) is 17.4. The SMILES string of the molecule is CC(O)c1cccc(-n2ncc3ccc(-c4cccc(CN[S+]([O-])C(C)(C)C)n4)cc32)n1. The summed E-state index contributed by atoms with van der Waals surface area (Å²) in [4.78, 5) is 9.29. The van der Waals surface area contributed by atoms with Crippen LogP contribution in [-0.2, 0) is 17.9 Å². The van der Waals surface area contributed by atoms with E-state index < -0.39 is 17.5 Å². The molecule has 0 aliphatic rings. The molecule has 0 bridgehead atoms. The summed E-state index contributed by atoms with van der Waals surface area (Å²) in [6.45, 7) is 7.92. The van der Waals surface area contributed by atoms with Gasteiger partial charge in [0.05, 0.1) is 41.4 Å². The van der Waals surface area contributed by atoms with Crippen molar-refractivity contribution in [2.24, 2.45) is 0 Å². The first-order valence-electron chi connectivity index (χ1n) is 10.5. The number of nitrogens with zero attached hydrogens (tertiary/aromatic N) is 4. The summed E-state index contributed by atoms with van der Waals surface area (Å²) in [7, 11) is 0. The maximum Gasteiger partial charge on any atom is 0.154 e. The van der Waals surface area contributed by atoms with E-state index in [0.29, 0.717) is 18.1 Å². The Kier molecular flexibility index (Phi) is 6.30. The number of rotatable bonds is 6. The zero-order valence-corrected chi connectivity index (χ0v) is 19.4. The highest BCUT2D eigenvalue weighted by molar-refractivity contribution is 7.90. The number of fused-ring (bicyclic) bond motifs is 1. The molecule has 4 aromatic rings. The molecule has 0 amide bonds. The highest BCUT2D eigenvalue weighted by Gasteiger charge is 2.26. The molecule has 0 radical (unpaired) electrons. The van der Waals surface area contributed by atoms with Gasteiger partial charge in [-0.15, -0.1) is 4.72 Å². The molecule has 0 saturated carbocycles. The first kappa shape index (κ1) is 22.4. The Morgan fingerprint density at radius 3 is 2.62 bits per heavy atom. The van der Waals surface area contributed by atoms with E-state index in [4.69, 9.17) is 4.98 Å². The summed E-state index contributed by atoms with van der Waals surface area (Å²) in [5.41, 5.74) is 4.09. The fourth-order valence-electron chi connectivity index (χ4n) is 3.25. The number of hydrogen-bond donors (Lipinski definition) is 2. The van der Waals surface area contributed by atoms with Gasteiger partial charge in [-0.05, 0) is 58.0 Å². The highest BCUT2D eigenvalue weighted by Crippen LogP contribution is 2.25. The quantitative estimate of drug-likeness (QED) is 0.430. The molecule has 8 heteroatoms. The molecule has 3 heterocycles. The topological polar surface area (TPSA) is 98.9 Å². The Morgan fingerprint density at radius 1 is 1.09 bits per heavy atom. The zero-order valence-electron chi connectivity index (χ0n) is 18.6. The van der Waals surface area contributed by atoms with E-state index in [-0.39, 0.29) is 4.75 Å². The van der Waals surface area contributed by atoms with Crippen LogP contribution in [0.15, 0.2) is 60.8 Å². The second kappa shape index (κ2) is 8.99. The molecule has 32 heavy (non-hydrogen) atoms. The van der Waals surface area contributed by atoms with Crippen LogP contribution < -0.4 is 4.72 Å². The number of aromatic nitrogens is 4. The van der Waals surface area contributed by atoms with E-state index >= 15 is 0 Å². The van der Waals surface area contributed by atoms with Crippen LogP contribution in [0.25, 0.3) is 28.0 Å². The second-order valence-electron chi connectivity index (χ2n) is 8.64. The van der Waals surface area contributed by atoms with Crippen molar-refractivity contribution in [3.05, 3.63) is 72.2 Å². The van der Waals surface area contributed by atoms with Crippen LogP contribution in [0.4, 0.5) is 0 Å². The lowest BCUT2D eigenvalue weighted by molar-refractivity contribution is 0.194. The van der Waals surface area contributed by atoms with Crippen molar-refractivity contribution in [2.75, 3.05) is 0 Å². The Labute approximate surface area is 190 Å². The summed E-state index contributed by atoms with van der Waals surface area (Å²) < 4.78 is 16.8. The van der Waals surface area contributed by atoms with Crippen molar-refractivity contribution in [1.29, 1.82) is 0 Å². The molecule has 0 aliphatic carbocycles. The van der Waals surface area contributed by atoms with E-state index in [0.717, 1.165) is 27.9 Å². The minimum atomic E-state index is -1.16. The van der Waals surface area contributed by atoms with Crippen molar-refractivity contribution in [3.8, 4) is 17.1 Å². The Hall–Kier alpha value is -2.78. The minimum Gasteiger partial charge on any atom is -0.598 e. The summed E-state index contributed by atoms with van der Waals surface area (Å²) in [5.74, 6) is 0.645. The molecule has 2 atom stereocenters. The Morgan fingerprint density at radius 2 is 1.88 bits per heavy atom. The van der Waals surface area contributed by atoms with Gasteiger partial charge < -0.3 is 9.66 Å². The van der Waals surface area contributed by atoms with Crippen molar-refractivity contribution in [3.63, 3.8) is 0 Å². The van der Waals surface area contributed by atoms with Gasteiger partial charge in [-0.2, -0.15) is 5.10 Å². The molecular formula is C24H27N5O2S. The van der Waals surface area contributed by atoms with Crippen LogP contribution in [0, 0.1) is 0 Å². The van der Waals surface area contributed by atoms with Gasteiger partial charge in [-0.1, -0.05) is 24.3 Å². The summed E-state index contributed by atoms with van der Waals surface area (Å²) in [5, 5.41) is 15.4. The number of hydrogen-bond acceptors (Lipinski definition) is 6. The van der Waals surface area contributed by atoms with Gasteiger partial charge in [-0.3, -0.25) is 4.98 Å². The number of benzene rings is 1. The molecule has 3 aromatic heterocycles. The van der Waals surface area contributed by atoms with Crippen molar-refractivity contribution >= 4 is 22.3 Å². The number of aliphatic hydroxyl groups excluding tert-OH is 1. The lowest BCUT2D eigenvalue weighted by Gasteiger charge is -2.23. The van der Waals surface area contributed by atoms with Crippen LogP contribution in [0.3, 0.4) is 0 Å². The first-order chi connectivity index (χ1) is 15.2. The Bertz CT molecular complexity index is 1230. The van der Waals surface area contributed by atoms with Gasteiger partial charge in [0.15, 0.2) is 5.82 Å². The molecule has 166 valence electrons. The van der Waals surface area contributed by atoms with Gasteiger partial charge in [0, 0.05) is 22.3 Å². The third-order valence-electron chi connectivity index (χ3n) is 5.01. The predicted octanol–water partition coefficient (Wildman–Crippen LogP) is 4.09. The molecule has 0 fully saturated rings. The molecule has 0 saturated heterocycles. The second-order valence-corrected chi connectivity index (χ2v) is 10.7. The zero-order chi connectivity index (χ0) is 22.9. The van der Waals surface area contributed by atoms with Gasteiger partial charge in [0.1, 0.15) is 4.75 Å². The van der Waals surface area contributed by atoms with Crippen LogP contribution >= 0.6 is 0 Å². The number of aliphatic hydroxyl groups is 1. The van der Waals surface area contributed by atoms with Crippen LogP contribution in [0.5, 0.6) is 0 Å². The number of nitrogens with one attached hydrogen (secondary N) is 1. The summed E-state index contributed by atoms with van der Waals surface area (Å²) in [6.07, 6.45) is 1.14. The molecule has 2 N–H and O–H groups in total. The van der Waals surface area contributed by atoms with E-state index in [1.165, 1.54) is 0 Å². The van der Waals surface area contributed by atoms with Gasteiger partial charge in [0.2, 0.25) is 0 Å². The molecular weight excluding hydrogens is 422 g/mol. The Balaban J connectivity index is 1.65. The third-order valence-corrected chi connectivity index (χ3v) is 6.53. The molecule has 4 rings (SSSR count). The van der Waals surface area contributed by atoms with E-state index in [1.807, 2.05) is 69.3 Å². The van der Waals surface area contributed by atoms with E-state index in [9.17, 15) is 9.66 Å². The van der Waals surface area contributed by atoms with Gasteiger partial charge in [0.25, 0.3) is 0 Å². The van der Waals surface area contributed by atoms with E-state index in [2.05, 4.69) is 14.8 Å². The fourth-order valence-corrected chi connectivity index (χ4v) is 3.96. The predicted molar refractivity (Wildman–Crippen MR) is 127 cm³/mol. The maximum absolute atomic E-state index is 12.3. The van der Waals surface area contributed by atoms with Gasteiger partial charge in [-0.25, -0.2) is 9.67 Å². The lowest BCUT2D eigenvalue weighted by Crippen LogP contribution is -2.39. The van der Waals surface area contributed by atoms with Crippen molar-refractivity contribution in [1.82, 2.24) is 24.5 Å². The monoisotopic (exact) mass is 449 g/mol. The third kappa shape index (κ3) is 4.83. The van der Waals surface area contributed by atoms with Gasteiger partial charge >= 0.3 is 0 Å². The lowest BCUT2D eigenvalue weighted by atomic mass is 10.1. The van der Waals surface area contributed by atoms with Crippen molar-refractivity contribution < 1.29 is 9.66 Å². The van der Waals surface area contributed by atoms with Crippen LogP contribution in [0.1, 0.15) is 45.2 Å². The highest BCUT2D eigenvalue weighted by atomic mass is 32.2. The largest absolute Gasteiger partial charge is 0.598 e. The molecule has 7 nitrogen and oxygen atoms in total. The minimum absolute atomic E-state index is 0.333. The smallest absolute Gasteiger partial charge is 0.154 e.